The maximum atomic E-state index is 12.3. The Morgan fingerprint density at radius 2 is 2.19 bits per heavy atom. The van der Waals surface area contributed by atoms with Gasteiger partial charge in [0.2, 0.25) is 0 Å². The standard InChI is InChI=1S/C20H27N5O2/c1-5-9-27-16-10-15(11-23-12-16)20(26)25-13-24-18-8-6-7-17(14(2)21-3)19(18)22-4/h6-8,10-12,14,21,24H,4-5,9,13H2,1-3H3,(H,25,26). The van der Waals surface area contributed by atoms with Crippen molar-refractivity contribution in [3.8, 4) is 5.75 Å². The molecule has 27 heavy (non-hydrogen) atoms. The number of benzene rings is 1. The molecule has 0 aliphatic heterocycles. The number of aromatic nitrogens is 1. The summed E-state index contributed by atoms with van der Waals surface area (Å²) in [6, 6.07) is 7.68. The fourth-order valence-corrected chi connectivity index (χ4v) is 2.55. The van der Waals surface area contributed by atoms with E-state index in [1.807, 2.05) is 32.2 Å². The molecule has 1 aromatic carbocycles. The van der Waals surface area contributed by atoms with Crippen LogP contribution in [0.1, 0.15) is 42.2 Å². The number of carbonyl (C=O) groups is 1. The first-order valence-corrected chi connectivity index (χ1v) is 8.97. The average Bonchev–Trinajstić information content (AvgIpc) is 2.71. The molecular formula is C20H27N5O2. The summed E-state index contributed by atoms with van der Waals surface area (Å²) in [7, 11) is 1.89. The second-order valence-electron chi connectivity index (χ2n) is 6.03. The summed E-state index contributed by atoms with van der Waals surface area (Å²) >= 11 is 0. The van der Waals surface area contributed by atoms with Gasteiger partial charge in [0.15, 0.2) is 0 Å². The van der Waals surface area contributed by atoms with Crippen LogP contribution in [-0.4, -0.2) is 37.9 Å². The molecule has 3 N–H and O–H groups in total. The predicted octanol–water partition coefficient (Wildman–Crippen LogP) is 3.28. The first-order chi connectivity index (χ1) is 13.1. The van der Waals surface area contributed by atoms with E-state index in [4.69, 9.17) is 4.74 Å². The molecule has 0 fully saturated rings. The molecule has 0 aliphatic carbocycles. The van der Waals surface area contributed by atoms with Crippen LogP contribution < -0.4 is 20.7 Å². The van der Waals surface area contributed by atoms with Gasteiger partial charge in [-0.25, -0.2) is 0 Å². The van der Waals surface area contributed by atoms with Crippen LogP contribution in [0.15, 0.2) is 41.7 Å². The van der Waals surface area contributed by atoms with Crippen LogP contribution in [-0.2, 0) is 0 Å². The van der Waals surface area contributed by atoms with E-state index in [1.165, 1.54) is 6.20 Å². The highest BCUT2D eigenvalue weighted by Crippen LogP contribution is 2.32. The van der Waals surface area contributed by atoms with Gasteiger partial charge in [0.1, 0.15) is 5.75 Å². The Hall–Kier alpha value is -2.93. The first-order valence-electron chi connectivity index (χ1n) is 8.97. The molecule has 0 aliphatic rings. The summed E-state index contributed by atoms with van der Waals surface area (Å²) in [5.74, 6) is 0.356. The maximum absolute atomic E-state index is 12.3. The van der Waals surface area contributed by atoms with E-state index in [1.54, 1.807) is 12.3 Å². The van der Waals surface area contributed by atoms with Gasteiger partial charge in [0, 0.05) is 12.2 Å². The van der Waals surface area contributed by atoms with Gasteiger partial charge in [-0.3, -0.25) is 14.8 Å². The lowest BCUT2D eigenvalue weighted by molar-refractivity contribution is 0.0955. The number of hydrogen-bond donors (Lipinski definition) is 3. The predicted molar refractivity (Wildman–Crippen MR) is 109 cm³/mol. The third-order valence-corrected chi connectivity index (χ3v) is 4.10. The zero-order valence-electron chi connectivity index (χ0n) is 16.1. The largest absolute Gasteiger partial charge is 0.492 e. The Labute approximate surface area is 160 Å². The molecule has 1 heterocycles. The number of para-hydroxylation sites is 1. The van der Waals surface area contributed by atoms with Gasteiger partial charge < -0.3 is 20.7 Å². The quantitative estimate of drug-likeness (QED) is 0.442. The third-order valence-electron chi connectivity index (χ3n) is 4.10. The minimum atomic E-state index is -0.232. The van der Waals surface area contributed by atoms with E-state index in [9.17, 15) is 4.79 Å². The number of pyridine rings is 1. The molecule has 7 heteroatoms. The highest BCUT2D eigenvalue weighted by atomic mass is 16.5. The van der Waals surface area contributed by atoms with Crippen molar-refractivity contribution in [1.82, 2.24) is 15.6 Å². The Kier molecular flexibility index (Phi) is 7.76. The van der Waals surface area contributed by atoms with Crippen LogP contribution in [0.3, 0.4) is 0 Å². The van der Waals surface area contributed by atoms with Crippen LogP contribution in [0, 0.1) is 0 Å². The Morgan fingerprint density at radius 3 is 2.89 bits per heavy atom. The monoisotopic (exact) mass is 369 g/mol. The van der Waals surface area contributed by atoms with E-state index in [2.05, 4.69) is 39.6 Å². The van der Waals surface area contributed by atoms with Crippen LogP contribution in [0.2, 0.25) is 0 Å². The molecule has 1 unspecified atom stereocenters. The lowest BCUT2D eigenvalue weighted by atomic mass is 10.0. The number of aliphatic imine (C=N–C) groups is 1. The van der Waals surface area contributed by atoms with Crippen LogP contribution >= 0.6 is 0 Å². The van der Waals surface area contributed by atoms with Gasteiger partial charge in [-0.15, -0.1) is 0 Å². The van der Waals surface area contributed by atoms with Gasteiger partial charge in [-0.05, 0) is 44.8 Å². The third kappa shape index (κ3) is 5.52. The molecular weight excluding hydrogens is 342 g/mol. The minimum absolute atomic E-state index is 0.138. The van der Waals surface area contributed by atoms with Crippen LogP contribution in [0.4, 0.5) is 11.4 Å². The van der Waals surface area contributed by atoms with Crippen molar-refractivity contribution >= 4 is 24.0 Å². The van der Waals surface area contributed by atoms with E-state index in [0.29, 0.717) is 17.9 Å². The van der Waals surface area contributed by atoms with Crippen molar-refractivity contribution in [1.29, 1.82) is 0 Å². The molecule has 2 aromatic rings. The summed E-state index contributed by atoms with van der Waals surface area (Å²) in [5.41, 5.74) is 3.06. The lowest BCUT2D eigenvalue weighted by Gasteiger charge is -2.17. The Bertz CT molecular complexity index is 779. The van der Waals surface area contributed by atoms with Crippen LogP contribution in [0.5, 0.6) is 5.75 Å². The zero-order chi connectivity index (χ0) is 19.6. The number of amides is 1. The van der Waals surface area contributed by atoms with Gasteiger partial charge in [-0.2, -0.15) is 0 Å². The first kappa shape index (κ1) is 20.4. The molecule has 0 saturated carbocycles. The number of anilines is 1. The molecule has 0 bridgehead atoms. The average molecular weight is 369 g/mol. The van der Waals surface area contributed by atoms with Crippen LogP contribution in [0.25, 0.3) is 0 Å². The van der Waals surface area contributed by atoms with Crippen molar-refractivity contribution in [2.75, 3.05) is 25.6 Å². The normalized spacial score (nSPS) is 11.5. The summed E-state index contributed by atoms with van der Waals surface area (Å²) in [5, 5.41) is 9.20. The molecule has 0 saturated heterocycles. The molecule has 144 valence electrons. The van der Waals surface area contributed by atoms with E-state index >= 15 is 0 Å². The fourth-order valence-electron chi connectivity index (χ4n) is 2.55. The van der Waals surface area contributed by atoms with E-state index < -0.39 is 0 Å². The molecule has 2 rings (SSSR count). The Balaban J connectivity index is 2.00. The number of carbonyl (C=O) groups excluding carboxylic acids is 1. The topological polar surface area (TPSA) is 87.6 Å². The van der Waals surface area contributed by atoms with Crippen molar-refractivity contribution in [2.24, 2.45) is 4.99 Å². The van der Waals surface area contributed by atoms with Gasteiger partial charge in [0.25, 0.3) is 5.91 Å². The smallest absolute Gasteiger partial charge is 0.254 e. The van der Waals surface area contributed by atoms with E-state index in [0.717, 1.165) is 23.4 Å². The van der Waals surface area contributed by atoms with Crippen molar-refractivity contribution in [3.63, 3.8) is 0 Å². The number of hydrogen-bond acceptors (Lipinski definition) is 6. The number of rotatable bonds is 10. The summed E-state index contributed by atoms with van der Waals surface area (Å²) in [6.07, 6.45) is 4.01. The van der Waals surface area contributed by atoms with Gasteiger partial charge in [-0.1, -0.05) is 19.1 Å². The van der Waals surface area contributed by atoms with Crippen molar-refractivity contribution in [3.05, 3.63) is 47.8 Å². The van der Waals surface area contributed by atoms with Gasteiger partial charge >= 0.3 is 0 Å². The maximum Gasteiger partial charge on any atom is 0.254 e. The van der Waals surface area contributed by atoms with E-state index in [-0.39, 0.29) is 18.6 Å². The second-order valence-corrected chi connectivity index (χ2v) is 6.03. The molecule has 1 amide bonds. The van der Waals surface area contributed by atoms with Gasteiger partial charge in [0.05, 0.1) is 36.4 Å². The molecule has 0 spiro atoms. The number of nitrogens with one attached hydrogen (secondary N) is 3. The lowest BCUT2D eigenvalue weighted by Crippen LogP contribution is -2.29. The summed E-state index contributed by atoms with van der Waals surface area (Å²) < 4.78 is 5.51. The second kappa shape index (κ2) is 10.3. The van der Waals surface area contributed by atoms with Crippen molar-refractivity contribution < 1.29 is 9.53 Å². The molecule has 0 radical (unpaired) electrons. The molecule has 7 nitrogen and oxygen atoms in total. The number of ether oxygens (including phenoxy) is 1. The number of nitrogens with zero attached hydrogens (tertiary/aromatic N) is 2. The minimum Gasteiger partial charge on any atom is -0.492 e. The summed E-state index contributed by atoms with van der Waals surface area (Å²) in [6.45, 7) is 8.58. The SMILES string of the molecule is C=Nc1c(NCNC(=O)c2cncc(OCCC)c2)cccc1C(C)NC. The highest BCUT2D eigenvalue weighted by molar-refractivity contribution is 5.94. The molecule has 1 aromatic heterocycles. The highest BCUT2D eigenvalue weighted by Gasteiger charge is 2.12. The fraction of sp³-hybridized carbons (Fsp3) is 0.350. The Morgan fingerprint density at radius 1 is 1.37 bits per heavy atom. The van der Waals surface area contributed by atoms with Crippen molar-refractivity contribution in [2.45, 2.75) is 26.3 Å². The molecule has 1 atom stereocenters. The summed E-state index contributed by atoms with van der Waals surface area (Å²) in [4.78, 5) is 20.5. The zero-order valence-corrected chi connectivity index (χ0v) is 16.1.